The number of aryl methyl sites for hydroxylation is 1. The Labute approximate surface area is 127 Å². The average molecular weight is 304 g/mol. The summed E-state index contributed by atoms with van der Waals surface area (Å²) in [7, 11) is 0. The predicted octanol–water partition coefficient (Wildman–Crippen LogP) is 4.52. The third-order valence-corrected chi connectivity index (χ3v) is 4.32. The molecule has 2 nitrogen and oxygen atoms in total. The number of hydrogen-bond donors (Lipinski definition) is 0. The first-order valence-corrected chi connectivity index (χ1v) is 6.97. The second kappa shape index (κ2) is 5.04. The van der Waals surface area contributed by atoms with Crippen molar-refractivity contribution < 1.29 is 4.79 Å². The third kappa shape index (κ3) is 2.15. The third-order valence-electron chi connectivity index (χ3n) is 3.48. The lowest BCUT2D eigenvalue weighted by Crippen LogP contribution is -1.96. The molecular weight excluding hydrogens is 293 g/mol. The second-order valence-electron chi connectivity index (χ2n) is 4.74. The average Bonchev–Trinajstić information content (AvgIpc) is 2.75. The zero-order chi connectivity index (χ0) is 14.3. The molecular formula is C16H11Cl2NO. The van der Waals surface area contributed by atoms with Crippen LogP contribution in [-0.4, -0.2) is 10.8 Å². The fourth-order valence-corrected chi connectivity index (χ4v) is 2.78. The molecule has 0 saturated heterocycles. The molecule has 1 aromatic carbocycles. The van der Waals surface area contributed by atoms with E-state index in [1.807, 2.05) is 25.1 Å². The number of nitrogens with zero attached hydrogens (tertiary/aromatic N) is 1. The molecule has 0 bridgehead atoms. The minimum atomic E-state index is 0.0156. The number of allylic oxidation sites excluding steroid dienone is 1. The number of carbonyl (C=O) groups is 1. The smallest absolute Gasteiger partial charge is 0.189 e. The van der Waals surface area contributed by atoms with E-state index in [0.717, 1.165) is 22.4 Å². The Kier molecular flexibility index (Phi) is 3.36. The number of rotatable bonds is 1. The molecule has 20 heavy (non-hydrogen) atoms. The summed E-state index contributed by atoms with van der Waals surface area (Å²) in [5.74, 6) is 0.0156. The van der Waals surface area contributed by atoms with Crippen molar-refractivity contribution >= 4 is 35.1 Å². The van der Waals surface area contributed by atoms with Crippen molar-refractivity contribution in [1.82, 2.24) is 4.98 Å². The maximum atomic E-state index is 12.4. The predicted molar refractivity (Wildman–Crippen MR) is 81.4 cm³/mol. The normalized spacial score (nSPS) is 15.8. The summed E-state index contributed by atoms with van der Waals surface area (Å²) in [4.78, 5) is 16.6. The lowest BCUT2D eigenvalue weighted by atomic mass is 10.1. The van der Waals surface area contributed by atoms with E-state index in [9.17, 15) is 4.79 Å². The van der Waals surface area contributed by atoms with Crippen molar-refractivity contribution in [1.29, 1.82) is 0 Å². The number of ketones is 1. The van der Waals surface area contributed by atoms with Crippen molar-refractivity contribution in [3.8, 4) is 0 Å². The molecule has 0 N–H and O–H groups in total. The summed E-state index contributed by atoms with van der Waals surface area (Å²) in [5, 5.41) is 0.959. The molecule has 0 fully saturated rings. The molecule has 0 aliphatic heterocycles. The number of fused-ring (bicyclic) bond motifs is 1. The molecule has 2 aromatic rings. The number of hydrogen-bond acceptors (Lipinski definition) is 2. The maximum absolute atomic E-state index is 12.4. The highest BCUT2D eigenvalue weighted by molar-refractivity contribution is 6.43. The molecule has 0 amide bonds. The van der Waals surface area contributed by atoms with E-state index in [1.54, 1.807) is 18.3 Å². The van der Waals surface area contributed by atoms with Crippen LogP contribution in [0, 0.1) is 6.92 Å². The molecule has 1 aliphatic carbocycles. The summed E-state index contributed by atoms with van der Waals surface area (Å²) in [5.41, 5.74) is 4.03. The number of pyridine rings is 1. The molecule has 1 aromatic heterocycles. The van der Waals surface area contributed by atoms with Crippen LogP contribution in [0.2, 0.25) is 10.0 Å². The SMILES string of the molecule is Cc1ncccc1/C=C1/Cc2c(ccc(Cl)c2Cl)C1=O. The quantitative estimate of drug-likeness (QED) is 0.725. The van der Waals surface area contributed by atoms with Gasteiger partial charge in [-0.05, 0) is 42.3 Å². The van der Waals surface area contributed by atoms with E-state index in [0.29, 0.717) is 22.0 Å². The van der Waals surface area contributed by atoms with E-state index in [-0.39, 0.29) is 5.78 Å². The first-order valence-electron chi connectivity index (χ1n) is 6.21. The van der Waals surface area contributed by atoms with E-state index >= 15 is 0 Å². The first-order chi connectivity index (χ1) is 9.58. The van der Waals surface area contributed by atoms with Crippen LogP contribution in [0.25, 0.3) is 6.08 Å². The fourth-order valence-electron chi connectivity index (χ4n) is 2.38. The Morgan fingerprint density at radius 1 is 1.25 bits per heavy atom. The van der Waals surface area contributed by atoms with Crippen LogP contribution in [0.1, 0.15) is 27.2 Å². The van der Waals surface area contributed by atoms with Gasteiger partial charge in [0.1, 0.15) is 0 Å². The van der Waals surface area contributed by atoms with Gasteiger partial charge in [-0.1, -0.05) is 29.3 Å². The number of halogens is 2. The lowest BCUT2D eigenvalue weighted by molar-refractivity contribution is 0.104. The van der Waals surface area contributed by atoms with Gasteiger partial charge in [0.15, 0.2) is 5.78 Å². The lowest BCUT2D eigenvalue weighted by Gasteiger charge is -2.01. The van der Waals surface area contributed by atoms with Gasteiger partial charge in [-0.2, -0.15) is 0 Å². The minimum absolute atomic E-state index is 0.0156. The molecule has 0 saturated carbocycles. The Morgan fingerprint density at radius 2 is 2.05 bits per heavy atom. The molecule has 0 atom stereocenters. The fraction of sp³-hybridized carbons (Fsp3) is 0.125. The van der Waals surface area contributed by atoms with Gasteiger partial charge in [-0.25, -0.2) is 0 Å². The van der Waals surface area contributed by atoms with Gasteiger partial charge >= 0.3 is 0 Å². The van der Waals surface area contributed by atoms with Crippen molar-refractivity contribution in [3.63, 3.8) is 0 Å². The number of benzene rings is 1. The Bertz CT molecular complexity index is 750. The van der Waals surface area contributed by atoms with Crippen molar-refractivity contribution in [3.05, 3.63) is 68.5 Å². The van der Waals surface area contributed by atoms with E-state index in [1.165, 1.54) is 0 Å². The summed E-state index contributed by atoms with van der Waals surface area (Å²) >= 11 is 12.2. The van der Waals surface area contributed by atoms with E-state index in [4.69, 9.17) is 23.2 Å². The van der Waals surface area contributed by atoms with Gasteiger partial charge in [-0.15, -0.1) is 0 Å². The van der Waals surface area contributed by atoms with Crippen molar-refractivity contribution in [2.75, 3.05) is 0 Å². The second-order valence-corrected chi connectivity index (χ2v) is 5.53. The molecule has 0 spiro atoms. The van der Waals surface area contributed by atoms with Crippen LogP contribution in [0.5, 0.6) is 0 Å². The summed E-state index contributed by atoms with van der Waals surface area (Å²) < 4.78 is 0. The highest BCUT2D eigenvalue weighted by Gasteiger charge is 2.27. The highest BCUT2D eigenvalue weighted by atomic mass is 35.5. The molecule has 1 aliphatic rings. The van der Waals surface area contributed by atoms with Gasteiger partial charge in [0.2, 0.25) is 0 Å². The van der Waals surface area contributed by atoms with Gasteiger partial charge in [0.05, 0.1) is 10.0 Å². The molecule has 1 heterocycles. The molecule has 4 heteroatoms. The zero-order valence-corrected chi connectivity index (χ0v) is 12.3. The summed E-state index contributed by atoms with van der Waals surface area (Å²) in [6, 6.07) is 7.21. The minimum Gasteiger partial charge on any atom is -0.289 e. The highest BCUT2D eigenvalue weighted by Crippen LogP contribution is 2.36. The van der Waals surface area contributed by atoms with Crippen LogP contribution in [0.15, 0.2) is 36.0 Å². The van der Waals surface area contributed by atoms with Gasteiger partial charge in [0, 0.05) is 29.4 Å². The molecule has 0 radical (unpaired) electrons. The molecule has 100 valence electrons. The Hall–Kier alpha value is -1.64. The number of carbonyl (C=O) groups excluding carboxylic acids is 1. The molecule has 3 rings (SSSR count). The zero-order valence-electron chi connectivity index (χ0n) is 10.8. The largest absolute Gasteiger partial charge is 0.289 e. The van der Waals surface area contributed by atoms with Gasteiger partial charge in [0.25, 0.3) is 0 Å². The van der Waals surface area contributed by atoms with Crippen LogP contribution in [0.4, 0.5) is 0 Å². The van der Waals surface area contributed by atoms with Crippen LogP contribution in [0.3, 0.4) is 0 Å². The van der Waals surface area contributed by atoms with E-state index in [2.05, 4.69) is 4.98 Å². The topological polar surface area (TPSA) is 30.0 Å². The van der Waals surface area contributed by atoms with Gasteiger partial charge < -0.3 is 0 Å². The standard InChI is InChI=1S/C16H11Cl2NO/c1-9-10(3-2-6-19-9)7-11-8-13-12(16(11)20)4-5-14(17)15(13)18/h2-7H,8H2,1H3/b11-7-. The first kappa shape index (κ1) is 13.3. The summed E-state index contributed by atoms with van der Waals surface area (Å²) in [6.07, 6.45) is 4.13. The Morgan fingerprint density at radius 3 is 2.80 bits per heavy atom. The monoisotopic (exact) mass is 303 g/mol. The van der Waals surface area contributed by atoms with Gasteiger partial charge in [-0.3, -0.25) is 9.78 Å². The maximum Gasteiger partial charge on any atom is 0.189 e. The van der Waals surface area contributed by atoms with Crippen LogP contribution < -0.4 is 0 Å². The molecule has 0 unspecified atom stereocenters. The summed E-state index contributed by atoms with van der Waals surface area (Å²) in [6.45, 7) is 1.92. The van der Waals surface area contributed by atoms with Crippen molar-refractivity contribution in [2.45, 2.75) is 13.3 Å². The Balaban J connectivity index is 2.07. The van der Waals surface area contributed by atoms with Crippen LogP contribution >= 0.6 is 23.2 Å². The van der Waals surface area contributed by atoms with E-state index < -0.39 is 0 Å². The number of aromatic nitrogens is 1. The van der Waals surface area contributed by atoms with Crippen LogP contribution in [-0.2, 0) is 6.42 Å². The van der Waals surface area contributed by atoms with Crippen molar-refractivity contribution in [2.24, 2.45) is 0 Å². The number of Topliss-reactive ketones (excluding diaryl/α,β-unsaturated/α-hetero) is 1.